The molecule has 0 aromatic heterocycles. The van der Waals surface area contributed by atoms with Crippen molar-refractivity contribution in [2.24, 2.45) is 0 Å². The van der Waals surface area contributed by atoms with Gasteiger partial charge in [-0.1, -0.05) is 151 Å². The van der Waals surface area contributed by atoms with Crippen LogP contribution in [0.15, 0.2) is 152 Å². The number of hydrogen-bond donors (Lipinski definition) is 2. The molecule has 2 atom stereocenters. The first-order chi connectivity index (χ1) is 20.0. The topological polar surface area (TPSA) is 40.5 Å². The zero-order valence-electron chi connectivity index (χ0n) is 22.2. The van der Waals surface area contributed by atoms with Crippen molar-refractivity contribution in [2.75, 3.05) is 0 Å². The minimum atomic E-state index is -1.59. The fourth-order valence-corrected chi connectivity index (χ4v) is 6.62. The third kappa shape index (κ3) is 3.88. The minimum absolute atomic E-state index is 0.484. The van der Waals surface area contributed by atoms with Gasteiger partial charge in [0.2, 0.25) is 0 Å². The Kier molecular flexibility index (Phi) is 6.13. The molecule has 0 saturated carbocycles. The monoisotopic (exact) mass is 550 g/mol. The molecule has 198 valence electrons. The van der Waals surface area contributed by atoms with Crippen LogP contribution >= 0.6 is 11.6 Å². The van der Waals surface area contributed by atoms with Crippen LogP contribution in [0.25, 0.3) is 22.3 Å². The van der Waals surface area contributed by atoms with Crippen LogP contribution in [0.5, 0.6) is 0 Å². The standard InChI is InChI=1S/C38H27ClO2/c39-28-23-24-35-36(25-28)38(41,32-20-10-8-18-30(32)27-15-5-2-6-16-27)34-22-12-11-21-33(34)37(35,40)31-19-9-7-17-29(31)26-13-3-1-4-14-26/h1-25,40-41H. The molecule has 1 aliphatic rings. The van der Waals surface area contributed by atoms with E-state index in [4.69, 9.17) is 11.6 Å². The molecule has 2 nitrogen and oxygen atoms in total. The summed E-state index contributed by atoms with van der Waals surface area (Å²) in [7, 11) is 0. The van der Waals surface area contributed by atoms with Gasteiger partial charge in [0.1, 0.15) is 11.2 Å². The molecule has 0 aliphatic heterocycles. The van der Waals surface area contributed by atoms with Gasteiger partial charge in [-0.05, 0) is 51.1 Å². The lowest BCUT2D eigenvalue weighted by molar-refractivity contribution is 0.0754. The first-order valence-corrected chi connectivity index (χ1v) is 14.1. The van der Waals surface area contributed by atoms with Gasteiger partial charge in [0.05, 0.1) is 0 Å². The largest absolute Gasteiger partial charge is 0.376 e. The van der Waals surface area contributed by atoms with E-state index >= 15 is 0 Å². The maximum Gasteiger partial charge on any atom is 0.142 e. The summed E-state index contributed by atoms with van der Waals surface area (Å²) in [4.78, 5) is 0. The van der Waals surface area contributed by atoms with Crippen LogP contribution in [0.2, 0.25) is 5.02 Å². The molecule has 2 N–H and O–H groups in total. The van der Waals surface area contributed by atoms with E-state index in [0.717, 1.165) is 33.4 Å². The Hall–Kier alpha value is -4.47. The molecular weight excluding hydrogens is 524 g/mol. The predicted molar refractivity (Wildman–Crippen MR) is 166 cm³/mol. The van der Waals surface area contributed by atoms with Crippen LogP contribution in [0.1, 0.15) is 33.4 Å². The summed E-state index contributed by atoms with van der Waals surface area (Å²) in [6.45, 7) is 0. The molecule has 41 heavy (non-hydrogen) atoms. The third-order valence-electron chi connectivity index (χ3n) is 8.27. The first kappa shape index (κ1) is 25.5. The van der Waals surface area contributed by atoms with Gasteiger partial charge < -0.3 is 10.2 Å². The second-order valence-electron chi connectivity index (χ2n) is 10.5. The maximum atomic E-state index is 13.1. The van der Waals surface area contributed by atoms with E-state index in [1.165, 1.54) is 0 Å². The van der Waals surface area contributed by atoms with Crippen molar-refractivity contribution in [3.05, 3.63) is 190 Å². The fraction of sp³-hybridized carbons (Fsp3) is 0.0526. The number of benzene rings is 6. The van der Waals surface area contributed by atoms with Crippen LogP contribution in [0.3, 0.4) is 0 Å². The van der Waals surface area contributed by atoms with Crippen molar-refractivity contribution >= 4 is 11.6 Å². The Morgan fingerprint density at radius 1 is 0.366 bits per heavy atom. The summed E-state index contributed by atoms with van der Waals surface area (Å²) in [6.07, 6.45) is 0. The molecule has 7 rings (SSSR count). The lowest BCUT2D eigenvalue weighted by Crippen LogP contribution is -2.44. The number of hydrogen-bond acceptors (Lipinski definition) is 2. The summed E-state index contributed by atoms with van der Waals surface area (Å²) in [5.74, 6) is 0. The molecule has 0 radical (unpaired) electrons. The molecule has 0 bridgehead atoms. The molecule has 0 amide bonds. The van der Waals surface area contributed by atoms with Gasteiger partial charge in [0, 0.05) is 21.7 Å². The van der Waals surface area contributed by atoms with E-state index in [1.54, 1.807) is 12.1 Å². The zero-order valence-corrected chi connectivity index (χ0v) is 23.0. The van der Waals surface area contributed by atoms with Crippen LogP contribution in [-0.2, 0) is 11.2 Å². The van der Waals surface area contributed by atoms with Gasteiger partial charge >= 0.3 is 0 Å². The van der Waals surface area contributed by atoms with Crippen molar-refractivity contribution in [2.45, 2.75) is 11.2 Å². The van der Waals surface area contributed by atoms with Crippen LogP contribution in [0, 0.1) is 0 Å². The normalized spacial score (nSPS) is 19.3. The van der Waals surface area contributed by atoms with E-state index < -0.39 is 11.2 Å². The molecule has 0 spiro atoms. The maximum absolute atomic E-state index is 13.1. The van der Waals surface area contributed by atoms with Gasteiger partial charge in [-0.3, -0.25) is 0 Å². The molecule has 2 unspecified atom stereocenters. The molecule has 0 fully saturated rings. The summed E-state index contributed by atoms with van der Waals surface area (Å²) >= 11 is 6.65. The van der Waals surface area contributed by atoms with E-state index in [1.807, 2.05) is 140 Å². The molecule has 6 aromatic rings. The Balaban J connectivity index is 1.58. The SMILES string of the molecule is OC1(c2ccccc2-c2ccccc2)c2ccccc2C(O)(c2ccccc2-c2ccccc2)c2cc(Cl)ccc21. The van der Waals surface area contributed by atoms with E-state index in [-0.39, 0.29) is 0 Å². The first-order valence-electron chi connectivity index (χ1n) is 13.7. The van der Waals surface area contributed by atoms with Crippen LogP contribution < -0.4 is 0 Å². The number of rotatable bonds is 4. The Labute approximate surface area is 244 Å². The molecule has 0 saturated heterocycles. The summed E-state index contributed by atoms with van der Waals surface area (Å²) in [5, 5.41) is 26.7. The van der Waals surface area contributed by atoms with Gasteiger partial charge in [-0.25, -0.2) is 0 Å². The smallest absolute Gasteiger partial charge is 0.142 e. The van der Waals surface area contributed by atoms with Crippen molar-refractivity contribution < 1.29 is 10.2 Å². The zero-order chi connectivity index (χ0) is 28.0. The molecule has 3 heteroatoms. The van der Waals surface area contributed by atoms with Gasteiger partial charge in [0.15, 0.2) is 0 Å². The second-order valence-corrected chi connectivity index (χ2v) is 10.9. The van der Waals surface area contributed by atoms with E-state index in [0.29, 0.717) is 27.3 Å². The lowest BCUT2D eigenvalue weighted by atomic mass is 9.62. The van der Waals surface area contributed by atoms with Crippen molar-refractivity contribution in [3.63, 3.8) is 0 Å². The third-order valence-corrected chi connectivity index (χ3v) is 8.51. The molecule has 6 aromatic carbocycles. The van der Waals surface area contributed by atoms with Crippen molar-refractivity contribution in [1.29, 1.82) is 0 Å². The number of aliphatic hydroxyl groups is 2. The predicted octanol–water partition coefficient (Wildman–Crippen LogP) is 8.56. The summed E-state index contributed by atoms with van der Waals surface area (Å²) in [6, 6.07) is 49.1. The average Bonchev–Trinajstić information content (AvgIpc) is 3.04. The quantitative estimate of drug-likeness (QED) is 0.231. The molecule has 0 heterocycles. The Bertz CT molecular complexity index is 1880. The van der Waals surface area contributed by atoms with Gasteiger partial charge in [-0.15, -0.1) is 0 Å². The lowest BCUT2D eigenvalue weighted by Gasteiger charge is -2.46. The second kappa shape index (κ2) is 9.87. The minimum Gasteiger partial charge on any atom is -0.376 e. The van der Waals surface area contributed by atoms with Crippen LogP contribution in [-0.4, -0.2) is 10.2 Å². The highest BCUT2D eigenvalue weighted by atomic mass is 35.5. The van der Waals surface area contributed by atoms with Crippen LogP contribution in [0.4, 0.5) is 0 Å². The van der Waals surface area contributed by atoms with E-state index in [9.17, 15) is 10.2 Å². The Morgan fingerprint density at radius 3 is 1.22 bits per heavy atom. The number of fused-ring (bicyclic) bond motifs is 2. The highest BCUT2D eigenvalue weighted by Gasteiger charge is 2.52. The highest BCUT2D eigenvalue weighted by molar-refractivity contribution is 6.30. The molecule has 1 aliphatic carbocycles. The summed E-state index contributed by atoms with van der Waals surface area (Å²) < 4.78 is 0. The molecular formula is C38H27ClO2. The van der Waals surface area contributed by atoms with Gasteiger partial charge in [-0.2, -0.15) is 0 Å². The average molecular weight is 551 g/mol. The fourth-order valence-electron chi connectivity index (χ4n) is 6.45. The summed E-state index contributed by atoms with van der Waals surface area (Å²) in [5.41, 5.74) is 4.52. The van der Waals surface area contributed by atoms with Crippen molar-refractivity contribution in [3.8, 4) is 22.3 Å². The van der Waals surface area contributed by atoms with Crippen molar-refractivity contribution in [1.82, 2.24) is 0 Å². The highest BCUT2D eigenvalue weighted by Crippen LogP contribution is 2.55. The number of halogens is 1. The van der Waals surface area contributed by atoms with E-state index in [2.05, 4.69) is 0 Å². The van der Waals surface area contributed by atoms with Gasteiger partial charge in [0.25, 0.3) is 0 Å². The Morgan fingerprint density at radius 2 is 0.732 bits per heavy atom.